The maximum atomic E-state index is 14.0. The summed E-state index contributed by atoms with van der Waals surface area (Å²) in [5.41, 5.74) is 11.1. The Kier molecular flexibility index (Phi) is 8.99. The summed E-state index contributed by atoms with van der Waals surface area (Å²) < 4.78 is 11.0. The number of nitrogens with one attached hydrogen (secondary N) is 1. The van der Waals surface area contributed by atoms with Crippen LogP contribution in [-0.4, -0.2) is 67.3 Å². The second-order valence-corrected chi connectivity index (χ2v) is 11.7. The van der Waals surface area contributed by atoms with E-state index in [9.17, 15) is 9.59 Å². The number of benzene rings is 2. The van der Waals surface area contributed by atoms with E-state index in [-0.39, 0.29) is 30.5 Å². The van der Waals surface area contributed by atoms with Gasteiger partial charge in [0.2, 0.25) is 0 Å². The van der Waals surface area contributed by atoms with Gasteiger partial charge in [0.1, 0.15) is 12.3 Å². The van der Waals surface area contributed by atoms with E-state index in [1.165, 1.54) is 0 Å². The van der Waals surface area contributed by atoms with Crippen molar-refractivity contribution in [3.63, 3.8) is 0 Å². The van der Waals surface area contributed by atoms with E-state index in [0.29, 0.717) is 36.9 Å². The number of ketones is 1. The average Bonchev–Trinajstić information content (AvgIpc) is 3.04. The summed E-state index contributed by atoms with van der Waals surface area (Å²) in [6, 6.07) is 19.2. The van der Waals surface area contributed by atoms with Crippen LogP contribution in [0.2, 0.25) is 0 Å². The van der Waals surface area contributed by atoms with Crippen molar-refractivity contribution in [1.82, 2.24) is 9.97 Å². The number of carbonyl (C=O) groups excluding carboxylic acids is 2. The van der Waals surface area contributed by atoms with Gasteiger partial charge in [-0.05, 0) is 42.2 Å². The smallest absolute Gasteiger partial charge is 0.412 e. The molecule has 1 amide bonds. The minimum Gasteiger partial charge on any atom is -0.444 e. The zero-order valence-corrected chi connectivity index (χ0v) is 24.9. The molecular formula is C34H38N6O4. The molecule has 4 heterocycles. The van der Waals surface area contributed by atoms with Crippen LogP contribution in [0.25, 0.3) is 10.9 Å². The van der Waals surface area contributed by atoms with E-state index >= 15 is 0 Å². The third-order valence-corrected chi connectivity index (χ3v) is 8.15. The molecule has 0 aliphatic carbocycles. The molecule has 2 atom stereocenters. The predicted molar refractivity (Wildman–Crippen MR) is 171 cm³/mol. The van der Waals surface area contributed by atoms with Gasteiger partial charge >= 0.3 is 6.09 Å². The highest BCUT2D eigenvalue weighted by Gasteiger charge is 2.26. The molecule has 2 aromatic carbocycles. The first kappa shape index (κ1) is 29.5. The molecule has 4 aromatic rings. The number of aromatic nitrogens is 2. The van der Waals surface area contributed by atoms with Crippen molar-refractivity contribution in [2.24, 2.45) is 11.7 Å². The highest BCUT2D eigenvalue weighted by Crippen LogP contribution is 2.30. The van der Waals surface area contributed by atoms with Crippen LogP contribution in [0.5, 0.6) is 0 Å². The van der Waals surface area contributed by atoms with Gasteiger partial charge in [0.15, 0.2) is 5.78 Å². The van der Waals surface area contributed by atoms with Crippen molar-refractivity contribution >= 4 is 39.8 Å². The van der Waals surface area contributed by atoms with Crippen molar-refractivity contribution < 1.29 is 19.1 Å². The Hall–Kier alpha value is -4.54. The summed E-state index contributed by atoms with van der Waals surface area (Å²) in [5, 5.41) is 3.59. The molecule has 6 rings (SSSR count). The molecule has 2 fully saturated rings. The molecule has 44 heavy (non-hydrogen) atoms. The Bertz CT molecular complexity index is 1620. The van der Waals surface area contributed by atoms with Gasteiger partial charge < -0.3 is 25.0 Å². The minimum atomic E-state index is -0.660. The number of hydrogen-bond acceptors (Lipinski definition) is 9. The number of hydrogen-bond donors (Lipinski definition) is 2. The zero-order chi connectivity index (χ0) is 30.5. The van der Waals surface area contributed by atoms with Crippen LogP contribution in [-0.2, 0) is 22.5 Å². The van der Waals surface area contributed by atoms with Gasteiger partial charge in [-0.15, -0.1) is 0 Å². The molecule has 0 unspecified atom stereocenters. The Labute approximate surface area is 257 Å². The van der Waals surface area contributed by atoms with Gasteiger partial charge in [0.05, 0.1) is 24.4 Å². The molecule has 2 aliphatic heterocycles. The van der Waals surface area contributed by atoms with Crippen molar-refractivity contribution in [2.45, 2.75) is 32.4 Å². The third kappa shape index (κ3) is 6.98. The predicted octanol–water partition coefficient (Wildman–Crippen LogP) is 4.81. The van der Waals surface area contributed by atoms with Crippen molar-refractivity contribution in [3.05, 3.63) is 89.9 Å². The maximum Gasteiger partial charge on any atom is 0.412 e. The number of piperidine rings is 1. The Morgan fingerprint density at radius 3 is 2.66 bits per heavy atom. The number of fused-ring (bicyclic) bond motifs is 1. The van der Waals surface area contributed by atoms with Gasteiger partial charge in [-0.2, -0.15) is 0 Å². The van der Waals surface area contributed by atoms with E-state index in [1.807, 2.05) is 54.6 Å². The number of morpholine rings is 1. The van der Waals surface area contributed by atoms with E-state index in [1.54, 1.807) is 18.5 Å². The summed E-state index contributed by atoms with van der Waals surface area (Å²) >= 11 is 0. The zero-order valence-electron chi connectivity index (χ0n) is 24.9. The van der Waals surface area contributed by atoms with E-state index < -0.39 is 6.09 Å². The molecule has 0 radical (unpaired) electrons. The summed E-state index contributed by atoms with van der Waals surface area (Å²) in [5.74, 6) is 0.210. The maximum absolute atomic E-state index is 14.0. The normalized spacial score (nSPS) is 18.7. The third-order valence-electron chi connectivity index (χ3n) is 8.15. The van der Waals surface area contributed by atoms with Crippen molar-refractivity contribution in [3.8, 4) is 0 Å². The summed E-state index contributed by atoms with van der Waals surface area (Å²) in [4.78, 5) is 40.6. The van der Waals surface area contributed by atoms with Gasteiger partial charge in [0.25, 0.3) is 0 Å². The second-order valence-electron chi connectivity index (χ2n) is 11.7. The highest BCUT2D eigenvalue weighted by molar-refractivity contribution is 6.06. The van der Waals surface area contributed by atoms with E-state index in [0.717, 1.165) is 53.9 Å². The molecule has 228 valence electrons. The number of ether oxygens (including phenoxy) is 2. The lowest BCUT2D eigenvalue weighted by molar-refractivity contribution is 0.0989. The van der Waals surface area contributed by atoms with Crippen molar-refractivity contribution in [1.29, 1.82) is 0 Å². The molecule has 10 heteroatoms. The highest BCUT2D eigenvalue weighted by atomic mass is 16.5. The van der Waals surface area contributed by atoms with Gasteiger partial charge in [-0.1, -0.05) is 43.3 Å². The van der Waals surface area contributed by atoms with Crippen LogP contribution in [0.1, 0.15) is 35.0 Å². The molecule has 2 aromatic heterocycles. The molecule has 0 saturated carbocycles. The number of rotatable bonds is 8. The number of anilines is 3. The summed E-state index contributed by atoms with van der Waals surface area (Å²) in [7, 11) is 0. The van der Waals surface area contributed by atoms with Crippen LogP contribution in [0.3, 0.4) is 0 Å². The molecule has 0 spiro atoms. The molecule has 3 N–H and O–H groups in total. The molecule has 2 aliphatic rings. The van der Waals surface area contributed by atoms with Crippen molar-refractivity contribution in [2.75, 3.05) is 54.5 Å². The Morgan fingerprint density at radius 2 is 1.86 bits per heavy atom. The Morgan fingerprint density at radius 1 is 1.05 bits per heavy atom. The molecule has 2 saturated heterocycles. The van der Waals surface area contributed by atoms with Crippen LogP contribution >= 0.6 is 0 Å². The molecular weight excluding hydrogens is 556 g/mol. The second kappa shape index (κ2) is 13.4. The largest absolute Gasteiger partial charge is 0.444 e. The van der Waals surface area contributed by atoms with Crippen LogP contribution < -0.4 is 20.9 Å². The lowest BCUT2D eigenvalue weighted by Gasteiger charge is -2.37. The quantitative estimate of drug-likeness (QED) is 0.277. The summed E-state index contributed by atoms with van der Waals surface area (Å²) in [6.45, 7) is 6.77. The standard InChI is InChI=1S/C34H38N6O4/c1-23-15-27(35)21-40(20-23)31-9-10-36-19-26(31)17-32(41)33-30(38-34(42)44-22-24-5-3-2-4-6-24)16-25-7-8-28(18-29(25)37-33)39-11-13-43-14-12-39/h2-10,16,18-19,23,27H,11-15,17,20-22,35H2,1H3,(H,38,42)/t23-,27+/m1/s1. The fourth-order valence-electron chi connectivity index (χ4n) is 6.07. The van der Waals surface area contributed by atoms with E-state index in [2.05, 4.69) is 27.0 Å². The monoisotopic (exact) mass is 594 g/mol. The number of amides is 1. The minimum absolute atomic E-state index is 0.0657. The number of pyridine rings is 2. The van der Waals surface area contributed by atoms with Crippen LogP contribution in [0.4, 0.5) is 21.9 Å². The topological polar surface area (TPSA) is 123 Å². The average molecular weight is 595 g/mol. The first-order valence-electron chi connectivity index (χ1n) is 15.1. The fourth-order valence-corrected chi connectivity index (χ4v) is 6.07. The number of nitrogens with zero attached hydrogens (tertiary/aromatic N) is 4. The number of carbonyl (C=O) groups is 2. The van der Waals surface area contributed by atoms with Gasteiger partial charge in [-0.25, -0.2) is 9.78 Å². The SMILES string of the molecule is C[C@@H]1C[C@H](N)CN(c2ccncc2CC(=O)c2nc3cc(N4CCOCC4)ccc3cc2NC(=O)OCc2ccccc2)C1. The van der Waals surface area contributed by atoms with Crippen LogP contribution in [0, 0.1) is 5.92 Å². The van der Waals surface area contributed by atoms with E-state index in [4.69, 9.17) is 20.2 Å². The summed E-state index contributed by atoms with van der Waals surface area (Å²) in [6.07, 6.45) is 3.85. The lowest BCUT2D eigenvalue weighted by atomic mass is 9.95. The van der Waals surface area contributed by atoms with Gasteiger partial charge in [-0.3, -0.25) is 15.1 Å². The lowest BCUT2D eigenvalue weighted by Crippen LogP contribution is -2.46. The van der Waals surface area contributed by atoms with Crippen LogP contribution in [0.15, 0.2) is 73.1 Å². The number of nitrogens with two attached hydrogens (primary N) is 1. The fraction of sp³-hybridized carbons (Fsp3) is 0.353. The molecule has 0 bridgehead atoms. The van der Waals surface area contributed by atoms with Gasteiger partial charge in [0, 0.05) is 73.4 Å². The molecule has 10 nitrogen and oxygen atoms in total. The first-order valence-corrected chi connectivity index (χ1v) is 15.1. The first-order chi connectivity index (χ1) is 21.4. The Balaban J connectivity index is 1.30. The number of Topliss-reactive ketones (excluding diaryl/α,β-unsaturated/α-hetero) is 1.